The average Bonchev–Trinajstić information content (AvgIpc) is 2.91. The number of para-hydroxylation sites is 1. The van der Waals surface area contributed by atoms with Crippen LogP contribution in [0.25, 0.3) is 0 Å². The molecule has 136 valence electrons. The fourth-order valence-electron chi connectivity index (χ4n) is 3.18. The summed E-state index contributed by atoms with van der Waals surface area (Å²) in [4.78, 5) is 28.8. The second-order valence-electron chi connectivity index (χ2n) is 6.62. The standard InChI is InChI=1S/C21H25N3O2/c1-17-8-5-6-9-18(17)16-20(25)23-12-7-13-24(15-14-23)21(26)22-19-10-3-2-4-11-19/h2-6,8-11H,7,12-16H2,1H3,(H,22,26). The van der Waals surface area contributed by atoms with E-state index in [1.165, 1.54) is 0 Å². The van der Waals surface area contributed by atoms with Crippen molar-refractivity contribution in [3.63, 3.8) is 0 Å². The van der Waals surface area contributed by atoms with Gasteiger partial charge in [-0.2, -0.15) is 0 Å². The van der Waals surface area contributed by atoms with Crippen molar-refractivity contribution in [2.45, 2.75) is 19.8 Å². The number of nitrogens with zero attached hydrogens (tertiary/aromatic N) is 2. The lowest BCUT2D eigenvalue weighted by Gasteiger charge is -2.23. The zero-order chi connectivity index (χ0) is 18.4. The summed E-state index contributed by atoms with van der Waals surface area (Å²) in [6.45, 7) is 4.51. The van der Waals surface area contributed by atoms with Crippen LogP contribution in [0.3, 0.4) is 0 Å². The van der Waals surface area contributed by atoms with Crippen molar-refractivity contribution in [1.82, 2.24) is 9.80 Å². The summed E-state index contributed by atoms with van der Waals surface area (Å²) in [6.07, 6.45) is 1.21. The molecule has 1 aliphatic rings. The molecule has 5 heteroatoms. The molecule has 1 N–H and O–H groups in total. The van der Waals surface area contributed by atoms with Gasteiger partial charge in [0.15, 0.2) is 0 Å². The lowest BCUT2D eigenvalue weighted by Crippen LogP contribution is -2.39. The number of carbonyl (C=O) groups excluding carboxylic acids is 2. The maximum absolute atomic E-state index is 12.6. The van der Waals surface area contributed by atoms with Gasteiger partial charge in [0.05, 0.1) is 6.42 Å². The molecule has 2 aromatic carbocycles. The van der Waals surface area contributed by atoms with Gasteiger partial charge in [-0.25, -0.2) is 4.79 Å². The number of carbonyl (C=O) groups is 2. The Morgan fingerprint density at radius 1 is 0.885 bits per heavy atom. The van der Waals surface area contributed by atoms with Crippen LogP contribution in [-0.2, 0) is 11.2 Å². The third-order valence-electron chi connectivity index (χ3n) is 4.76. The highest BCUT2D eigenvalue weighted by atomic mass is 16.2. The van der Waals surface area contributed by atoms with Crippen LogP contribution in [0, 0.1) is 6.92 Å². The summed E-state index contributed by atoms with van der Waals surface area (Å²) in [5.74, 6) is 0.129. The van der Waals surface area contributed by atoms with Gasteiger partial charge in [0.25, 0.3) is 0 Å². The molecule has 3 amide bonds. The molecule has 0 saturated carbocycles. The lowest BCUT2D eigenvalue weighted by atomic mass is 10.1. The van der Waals surface area contributed by atoms with E-state index >= 15 is 0 Å². The molecule has 1 fully saturated rings. The first-order chi connectivity index (χ1) is 12.6. The van der Waals surface area contributed by atoms with E-state index in [-0.39, 0.29) is 11.9 Å². The van der Waals surface area contributed by atoms with Gasteiger partial charge in [0.2, 0.25) is 5.91 Å². The zero-order valence-electron chi connectivity index (χ0n) is 15.1. The number of aryl methyl sites for hydroxylation is 1. The van der Waals surface area contributed by atoms with Gasteiger partial charge in [0.1, 0.15) is 0 Å². The predicted molar refractivity (Wildman–Crippen MR) is 103 cm³/mol. The molecular weight excluding hydrogens is 326 g/mol. The quantitative estimate of drug-likeness (QED) is 0.922. The van der Waals surface area contributed by atoms with Gasteiger partial charge in [-0.15, -0.1) is 0 Å². The van der Waals surface area contributed by atoms with Gasteiger partial charge in [0, 0.05) is 31.9 Å². The second-order valence-corrected chi connectivity index (χ2v) is 6.62. The molecule has 26 heavy (non-hydrogen) atoms. The molecule has 0 spiro atoms. The first-order valence-electron chi connectivity index (χ1n) is 9.07. The normalized spacial score (nSPS) is 14.7. The van der Waals surface area contributed by atoms with Crippen LogP contribution in [0.5, 0.6) is 0 Å². The maximum atomic E-state index is 12.6. The van der Waals surface area contributed by atoms with Crippen molar-refractivity contribution < 1.29 is 9.59 Å². The minimum Gasteiger partial charge on any atom is -0.341 e. The molecule has 3 rings (SSSR count). The van der Waals surface area contributed by atoms with E-state index in [1.807, 2.05) is 66.4 Å². The van der Waals surface area contributed by atoms with Crippen molar-refractivity contribution in [2.75, 3.05) is 31.5 Å². The Hall–Kier alpha value is -2.82. The van der Waals surface area contributed by atoms with Crippen molar-refractivity contribution in [2.24, 2.45) is 0 Å². The number of hydrogen-bond donors (Lipinski definition) is 1. The summed E-state index contributed by atoms with van der Waals surface area (Å²) in [5, 5.41) is 2.91. The second kappa shape index (κ2) is 8.52. The number of amides is 3. The molecular formula is C21H25N3O2. The van der Waals surface area contributed by atoms with Crippen LogP contribution in [0.4, 0.5) is 10.5 Å². The molecule has 0 aromatic heterocycles. The lowest BCUT2D eigenvalue weighted by molar-refractivity contribution is -0.130. The van der Waals surface area contributed by atoms with Crippen molar-refractivity contribution in [3.8, 4) is 0 Å². The van der Waals surface area contributed by atoms with Crippen LogP contribution in [0.1, 0.15) is 17.5 Å². The molecule has 2 aromatic rings. The molecule has 5 nitrogen and oxygen atoms in total. The van der Waals surface area contributed by atoms with E-state index in [1.54, 1.807) is 4.90 Å². The molecule has 0 aliphatic carbocycles. The number of rotatable bonds is 3. The van der Waals surface area contributed by atoms with Crippen molar-refractivity contribution in [3.05, 3.63) is 65.7 Å². The number of benzene rings is 2. The summed E-state index contributed by atoms with van der Waals surface area (Å²) in [5.41, 5.74) is 2.99. The van der Waals surface area contributed by atoms with Gasteiger partial charge >= 0.3 is 6.03 Å². The molecule has 0 bridgehead atoms. The number of hydrogen-bond acceptors (Lipinski definition) is 2. The summed E-state index contributed by atoms with van der Waals surface area (Å²) < 4.78 is 0. The Bertz CT molecular complexity index is 761. The number of urea groups is 1. The summed E-state index contributed by atoms with van der Waals surface area (Å²) in [6, 6.07) is 17.3. The zero-order valence-corrected chi connectivity index (χ0v) is 15.1. The Balaban J connectivity index is 1.55. The van der Waals surface area contributed by atoms with E-state index in [2.05, 4.69) is 5.32 Å². The number of nitrogens with one attached hydrogen (secondary N) is 1. The van der Waals surface area contributed by atoms with Crippen LogP contribution >= 0.6 is 0 Å². The number of anilines is 1. The highest BCUT2D eigenvalue weighted by Gasteiger charge is 2.22. The molecule has 1 saturated heterocycles. The fraction of sp³-hybridized carbons (Fsp3) is 0.333. The summed E-state index contributed by atoms with van der Waals surface area (Å²) in [7, 11) is 0. The largest absolute Gasteiger partial charge is 0.341 e. The Morgan fingerprint density at radius 3 is 2.31 bits per heavy atom. The van der Waals surface area contributed by atoms with Crippen molar-refractivity contribution >= 4 is 17.6 Å². The average molecular weight is 351 g/mol. The Labute approximate surface area is 154 Å². The van der Waals surface area contributed by atoms with E-state index in [9.17, 15) is 9.59 Å². The Morgan fingerprint density at radius 2 is 1.54 bits per heavy atom. The summed E-state index contributed by atoms with van der Waals surface area (Å²) >= 11 is 0. The van der Waals surface area contributed by atoms with Crippen LogP contribution in [-0.4, -0.2) is 47.9 Å². The smallest absolute Gasteiger partial charge is 0.321 e. The van der Waals surface area contributed by atoms with Crippen LogP contribution in [0.2, 0.25) is 0 Å². The van der Waals surface area contributed by atoms with Gasteiger partial charge in [-0.3, -0.25) is 4.79 Å². The first kappa shape index (κ1) is 18.0. The van der Waals surface area contributed by atoms with E-state index in [0.717, 1.165) is 23.2 Å². The molecule has 1 heterocycles. The van der Waals surface area contributed by atoms with Crippen LogP contribution in [0.15, 0.2) is 54.6 Å². The minimum atomic E-state index is -0.107. The Kier molecular flexibility index (Phi) is 5.89. The molecule has 0 unspecified atom stereocenters. The van der Waals surface area contributed by atoms with E-state index in [0.29, 0.717) is 32.6 Å². The highest BCUT2D eigenvalue weighted by molar-refractivity contribution is 5.89. The highest BCUT2D eigenvalue weighted by Crippen LogP contribution is 2.12. The van der Waals surface area contributed by atoms with Crippen molar-refractivity contribution in [1.29, 1.82) is 0 Å². The molecule has 0 atom stereocenters. The maximum Gasteiger partial charge on any atom is 0.321 e. The van der Waals surface area contributed by atoms with Crippen LogP contribution < -0.4 is 5.32 Å². The first-order valence-corrected chi connectivity index (χ1v) is 9.07. The third-order valence-corrected chi connectivity index (χ3v) is 4.76. The van der Waals surface area contributed by atoms with E-state index < -0.39 is 0 Å². The minimum absolute atomic E-state index is 0.107. The SMILES string of the molecule is Cc1ccccc1CC(=O)N1CCCN(C(=O)Nc2ccccc2)CC1. The fourth-order valence-corrected chi connectivity index (χ4v) is 3.18. The topological polar surface area (TPSA) is 52.7 Å². The van der Waals surface area contributed by atoms with Gasteiger partial charge in [-0.1, -0.05) is 42.5 Å². The predicted octanol–water partition coefficient (Wildman–Crippen LogP) is 3.30. The molecule has 0 radical (unpaired) electrons. The van der Waals surface area contributed by atoms with E-state index in [4.69, 9.17) is 0 Å². The van der Waals surface area contributed by atoms with Gasteiger partial charge in [-0.05, 0) is 36.6 Å². The van der Waals surface area contributed by atoms with Gasteiger partial charge < -0.3 is 15.1 Å². The monoisotopic (exact) mass is 351 g/mol. The third kappa shape index (κ3) is 4.63. The molecule has 1 aliphatic heterocycles.